The summed E-state index contributed by atoms with van der Waals surface area (Å²) in [4.78, 5) is 0.783. The average Bonchev–Trinajstić information content (AvgIpc) is 3.16. The van der Waals surface area contributed by atoms with Crippen molar-refractivity contribution in [3.63, 3.8) is 0 Å². The van der Waals surface area contributed by atoms with Gasteiger partial charge in [-0.25, -0.2) is 4.39 Å². The van der Waals surface area contributed by atoms with Crippen molar-refractivity contribution in [3.8, 4) is 11.3 Å². The fourth-order valence-electron chi connectivity index (χ4n) is 3.05. The molecule has 0 radical (unpaired) electrons. The summed E-state index contributed by atoms with van der Waals surface area (Å²) < 4.78 is 15.3. The van der Waals surface area contributed by atoms with E-state index in [9.17, 15) is 4.39 Å². The third-order valence-corrected chi connectivity index (χ3v) is 5.77. The second-order valence-corrected chi connectivity index (χ2v) is 8.05. The van der Waals surface area contributed by atoms with E-state index in [4.69, 9.17) is 11.6 Å². The Labute approximate surface area is 183 Å². The van der Waals surface area contributed by atoms with Crippen molar-refractivity contribution in [1.82, 2.24) is 4.57 Å². The highest BCUT2D eigenvalue weighted by atomic mass is 35.5. The lowest BCUT2D eigenvalue weighted by Crippen LogP contribution is -2.16. The summed E-state index contributed by atoms with van der Waals surface area (Å²) in [7, 11) is 0. The minimum Gasteiger partial charge on any atom is -0.311 e. The Morgan fingerprint density at radius 2 is 1.67 bits per heavy atom. The Morgan fingerprint density at radius 1 is 0.967 bits per heavy atom. The van der Waals surface area contributed by atoms with Crippen LogP contribution in [0, 0.1) is 5.82 Å². The van der Waals surface area contributed by atoms with Crippen LogP contribution in [0.3, 0.4) is 0 Å². The predicted molar refractivity (Wildman–Crippen MR) is 122 cm³/mol. The molecule has 1 heterocycles. The first-order valence-electron chi connectivity index (χ1n) is 9.42. The summed E-state index contributed by atoms with van der Waals surface area (Å²) in [5.74, 6) is -0.268. The maximum atomic E-state index is 13.2. The molecule has 6 heteroatoms. The molecule has 0 saturated heterocycles. The van der Waals surface area contributed by atoms with Crippen LogP contribution in [0.2, 0.25) is 5.02 Å². The second-order valence-electron chi connectivity index (χ2n) is 6.77. The van der Waals surface area contributed by atoms with Crippen LogP contribution in [-0.2, 0) is 6.54 Å². The van der Waals surface area contributed by atoms with Gasteiger partial charge in [-0.3, -0.25) is 0 Å². The Bertz CT molecular complexity index is 1220. The summed E-state index contributed by atoms with van der Waals surface area (Å²) in [5, 5.41) is 11.7. The van der Waals surface area contributed by atoms with Crippen molar-refractivity contribution in [3.05, 3.63) is 111 Å². The number of rotatable bonds is 5. The number of aromatic nitrogens is 1. The zero-order chi connectivity index (χ0) is 20.9. The van der Waals surface area contributed by atoms with Gasteiger partial charge in [0.15, 0.2) is 0 Å². The van der Waals surface area contributed by atoms with Crippen LogP contribution in [0.15, 0.2) is 94.4 Å². The maximum absolute atomic E-state index is 13.2. The molecule has 0 amide bonds. The third kappa shape index (κ3) is 4.75. The van der Waals surface area contributed by atoms with Crippen LogP contribution in [0.25, 0.3) is 11.3 Å². The Kier molecular flexibility index (Phi) is 6.21. The molecule has 0 aliphatic heterocycles. The van der Waals surface area contributed by atoms with Gasteiger partial charge in [0, 0.05) is 10.4 Å². The molecule has 0 atom stereocenters. The number of hydrogen-bond donors (Lipinski definition) is 0. The molecule has 4 rings (SSSR count). The standard InChI is InChI=1S/C24H19ClFN3S/c1-17(19-9-13-22(26)14-10-19)27-28-24-29(15-18-5-3-2-4-6-18)23(16-30-24)20-7-11-21(25)12-8-20/h2-14,16H,15H2,1H3/b27-17+,28-24-. The molecular weight excluding hydrogens is 417 g/mol. The predicted octanol–water partition coefficient (Wildman–Crippen LogP) is 6.38. The second kappa shape index (κ2) is 9.20. The van der Waals surface area contributed by atoms with Crippen LogP contribution in [0.1, 0.15) is 18.1 Å². The van der Waals surface area contributed by atoms with E-state index in [1.165, 1.54) is 29.0 Å². The fraction of sp³-hybridized carbons (Fsp3) is 0.0833. The molecule has 0 aliphatic carbocycles. The van der Waals surface area contributed by atoms with E-state index in [-0.39, 0.29) is 5.82 Å². The summed E-state index contributed by atoms with van der Waals surface area (Å²) in [6, 6.07) is 24.3. The topological polar surface area (TPSA) is 29.6 Å². The smallest absolute Gasteiger partial charge is 0.211 e. The molecule has 30 heavy (non-hydrogen) atoms. The van der Waals surface area contributed by atoms with Crippen LogP contribution >= 0.6 is 22.9 Å². The lowest BCUT2D eigenvalue weighted by molar-refractivity contribution is 0.628. The third-order valence-electron chi connectivity index (χ3n) is 4.67. The molecular formula is C24H19ClFN3S. The molecule has 0 spiro atoms. The van der Waals surface area contributed by atoms with Crippen LogP contribution in [-0.4, -0.2) is 10.3 Å². The molecule has 0 unspecified atom stereocenters. The van der Waals surface area contributed by atoms with Crippen molar-refractivity contribution >= 4 is 28.6 Å². The average molecular weight is 436 g/mol. The van der Waals surface area contributed by atoms with Crippen molar-refractivity contribution in [2.45, 2.75) is 13.5 Å². The molecule has 3 aromatic carbocycles. The Morgan fingerprint density at radius 3 is 2.37 bits per heavy atom. The minimum atomic E-state index is -0.268. The first-order valence-corrected chi connectivity index (χ1v) is 10.7. The van der Waals surface area contributed by atoms with Gasteiger partial charge in [-0.2, -0.15) is 5.10 Å². The van der Waals surface area contributed by atoms with Crippen molar-refractivity contribution in [2.24, 2.45) is 10.2 Å². The largest absolute Gasteiger partial charge is 0.311 e. The van der Waals surface area contributed by atoms with Gasteiger partial charge in [-0.05, 0) is 47.9 Å². The summed E-state index contributed by atoms with van der Waals surface area (Å²) in [6.45, 7) is 2.54. The molecule has 4 aromatic rings. The van der Waals surface area contributed by atoms with Crippen LogP contribution in [0.4, 0.5) is 4.39 Å². The molecule has 0 saturated carbocycles. The van der Waals surface area contributed by atoms with E-state index in [1.807, 2.05) is 49.4 Å². The van der Waals surface area contributed by atoms with Gasteiger partial charge < -0.3 is 4.57 Å². The normalized spacial score (nSPS) is 12.4. The van der Waals surface area contributed by atoms with E-state index in [0.717, 1.165) is 27.3 Å². The Hall–Kier alpha value is -3.02. The lowest BCUT2D eigenvalue weighted by atomic mass is 10.1. The maximum Gasteiger partial charge on any atom is 0.211 e. The monoisotopic (exact) mass is 435 g/mol. The molecule has 150 valence electrons. The SMILES string of the molecule is C/C(=N\N=c1/scc(-c2ccc(Cl)cc2)n1Cc1ccccc1)c1ccc(F)cc1. The van der Waals surface area contributed by atoms with Gasteiger partial charge in [-0.15, -0.1) is 16.4 Å². The Balaban J connectivity index is 1.77. The van der Waals surface area contributed by atoms with E-state index in [1.54, 1.807) is 12.1 Å². The molecule has 1 aromatic heterocycles. The number of nitrogens with zero attached hydrogens (tertiary/aromatic N) is 3. The highest BCUT2D eigenvalue weighted by Gasteiger charge is 2.09. The van der Waals surface area contributed by atoms with E-state index in [2.05, 4.69) is 32.3 Å². The number of benzene rings is 3. The summed E-state index contributed by atoms with van der Waals surface area (Å²) >= 11 is 7.59. The van der Waals surface area contributed by atoms with Gasteiger partial charge in [0.2, 0.25) is 4.80 Å². The number of thiazole rings is 1. The zero-order valence-corrected chi connectivity index (χ0v) is 17.9. The molecule has 3 nitrogen and oxygen atoms in total. The first kappa shape index (κ1) is 20.3. The molecule has 0 aliphatic rings. The molecule has 0 bridgehead atoms. The minimum absolute atomic E-state index is 0.268. The van der Waals surface area contributed by atoms with Crippen molar-refractivity contribution < 1.29 is 4.39 Å². The van der Waals surface area contributed by atoms with Crippen LogP contribution in [0.5, 0.6) is 0 Å². The zero-order valence-electron chi connectivity index (χ0n) is 16.3. The fourth-order valence-corrected chi connectivity index (χ4v) is 4.03. The molecule has 0 N–H and O–H groups in total. The van der Waals surface area contributed by atoms with Crippen molar-refractivity contribution in [2.75, 3.05) is 0 Å². The van der Waals surface area contributed by atoms with E-state index >= 15 is 0 Å². The number of hydrogen-bond acceptors (Lipinski definition) is 3. The lowest BCUT2D eigenvalue weighted by Gasteiger charge is -2.09. The summed E-state index contributed by atoms with van der Waals surface area (Å²) in [6.07, 6.45) is 0. The number of halogens is 2. The van der Waals surface area contributed by atoms with Crippen molar-refractivity contribution in [1.29, 1.82) is 0 Å². The van der Waals surface area contributed by atoms with Gasteiger partial charge in [0.05, 0.1) is 18.0 Å². The summed E-state index contributed by atoms with van der Waals surface area (Å²) in [5.41, 5.74) is 4.85. The van der Waals surface area contributed by atoms with E-state index < -0.39 is 0 Å². The molecule has 0 fully saturated rings. The van der Waals surface area contributed by atoms with Gasteiger partial charge in [0.1, 0.15) is 5.82 Å². The van der Waals surface area contributed by atoms with E-state index in [0.29, 0.717) is 11.6 Å². The quantitative estimate of drug-likeness (QED) is 0.257. The van der Waals surface area contributed by atoms with Gasteiger partial charge >= 0.3 is 0 Å². The van der Waals surface area contributed by atoms with Gasteiger partial charge in [0.25, 0.3) is 0 Å². The highest BCUT2D eigenvalue weighted by Crippen LogP contribution is 2.23. The first-order chi connectivity index (χ1) is 14.6. The van der Waals surface area contributed by atoms with Crippen LogP contribution < -0.4 is 4.80 Å². The highest BCUT2D eigenvalue weighted by molar-refractivity contribution is 7.07. The van der Waals surface area contributed by atoms with Gasteiger partial charge in [-0.1, -0.05) is 66.2 Å².